The summed E-state index contributed by atoms with van der Waals surface area (Å²) in [7, 11) is 1.34. The molecular formula is C15H21ClN2O3. The minimum atomic E-state index is -0.363. The number of methoxy groups -OCH3 is 1. The molecule has 1 atom stereocenters. The first kappa shape index (κ1) is 17.3. The van der Waals surface area contributed by atoms with E-state index < -0.39 is 0 Å². The van der Waals surface area contributed by atoms with Gasteiger partial charge in [-0.1, -0.05) is 25.4 Å². The van der Waals surface area contributed by atoms with Crippen LogP contribution in [0.5, 0.6) is 0 Å². The lowest BCUT2D eigenvalue weighted by Gasteiger charge is -2.24. The molecule has 0 bridgehead atoms. The Kier molecular flexibility index (Phi) is 7.02. The van der Waals surface area contributed by atoms with Crippen molar-refractivity contribution in [2.45, 2.75) is 20.3 Å². The van der Waals surface area contributed by atoms with Gasteiger partial charge in [0.2, 0.25) is 0 Å². The van der Waals surface area contributed by atoms with Crippen LogP contribution in [0.4, 0.5) is 10.5 Å². The van der Waals surface area contributed by atoms with Gasteiger partial charge < -0.3 is 15.0 Å². The molecule has 21 heavy (non-hydrogen) atoms. The van der Waals surface area contributed by atoms with E-state index in [2.05, 4.69) is 5.32 Å². The van der Waals surface area contributed by atoms with Gasteiger partial charge in [-0.25, -0.2) is 4.79 Å². The van der Waals surface area contributed by atoms with E-state index in [0.717, 1.165) is 6.42 Å². The summed E-state index contributed by atoms with van der Waals surface area (Å²) in [5.41, 5.74) is 0.663. The molecule has 0 radical (unpaired) electrons. The summed E-state index contributed by atoms with van der Waals surface area (Å²) in [5.74, 6) is -0.687. The van der Waals surface area contributed by atoms with E-state index in [4.69, 9.17) is 16.3 Å². The number of rotatable bonds is 6. The van der Waals surface area contributed by atoms with E-state index in [9.17, 15) is 9.59 Å². The van der Waals surface area contributed by atoms with Crippen molar-refractivity contribution in [1.82, 2.24) is 4.90 Å². The Balaban J connectivity index is 2.68. The third kappa shape index (κ3) is 5.63. The van der Waals surface area contributed by atoms with E-state index >= 15 is 0 Å². The fourth-order valence-corrected chi connectivity index (χ4v) is 2.01. The number of urea groups is 1. The van der Waals surface area contributed by atoms with Gasteiger partial charge in [-0.15, -0.1) is 0 Å². The number of hydrogen-bond acceptors (Lipinski definition) is 3. The van der Waals surface area contributed by atoms with Crippen molar-refractivity contribution in [3.63, 3.8) is 0 Å². The number of ether oxygens (including phenoxy) is 1. The van der Waals surface area contributed by atoms with Crippen LogP contribution in [0, 0.1) is 5.92 Å². The second-order valence-corrected chi connectivity index (χ2v) is 5.24. The summed E-state index contributed by atoms with van der Waals surface area (Å²) in [6.45, 7) is 4.61. The first-order valence-electron chi connectivity index (χ1n) is 6.87. The van der Waals surface area contributed by atoms with Gasteiger partial charge in [0.15, 0.2) is 0 Å². The third-order valence-corrected chi connectivity index (χ3v) is 3.23. The number of anilines is 1. The monoisotopic (exact) mass is 312 g/mol. The van der Waals surface area contributed by atoms with E-state index in [1.807, 2.05) is 6.92 Å². The van der Waals surface area contributed by atoms with Crippen LogP contribution in [0.3, 0.4) is 0 Å². The van der Waals surface area contributed by atoms with Crippen molar-refractivity contribution in [2.75, 3.05) is 25.5 Å². The Hall–Kier alpha value is -1.75. The average Bonchev–Trinajstić information content (AvgIpc) is 2.48. The zero-order chi connectivity index (χ0) is 15.8. The van der Waals surface area contributed by atoms with Crippen molar-refractivity contribution >= 4 is 29.3 Å². The van der Waals surface area contributed by atoms with Crippen molar-refractivity contribution in [1.29, 1.82) is 0 Å². The predicted molar refractivity (Wildman–Crippen MR) is 83.5 cm³/mol. The van der Waals surface area contributed by atoms with Crippen LogP contribution in [0.2, 0.25) is 5.02 Å². The van der Waals surface area contributed by atoms with Gasteiger partial charge in [0.25, 0.3) is 0 Å². The second-order valence-electron chi connectivity index (χ2n) is 4.81. The number of carbonyl (C=O) groups is 2. The van der Waals surface area contributed by atoms with Crippen molar-refractivity contribution < 1.29 is 14.3 Å². The summed E-state index contributed by atoms with van der Waals surface area (Å²) in [6.07, 6.45) is 0.807. The van der Waals surface area contributed by atoms with Crippen LogP contribution in [0.1, 0.15) is 20.3 Å². The highest BCUT2D eigenvalue weighted by Gasteiger charge is 2.21. The summed E-state index contributed by atoms with van der Waals surface area (Å²) in [6, 6.07) is 6.63. The van der Waals surface area contributed by atoms with Crippen molar-refractivity contribution in [2.24, 2.45) is 5.92 Å². The maximum Gasteiger partial charge on any atom is 0.321 e. The van der Waals surface area contributed by atoms with Gasteiger partial charge >= 0.3 is 12.0 Å². The molecule has 0 aliphatic carbocycles. The Bertz CT molecular complexity index is 476. The number of hydrogen-bond donors (Lipinski definition) is 1. The summed E-state index contributed by atoms with van der Waals surface area (Å²) in [5, 5.41) is 3.40. The molecule has 5 nitrogen and oxygen atoms in total. The largest absolute Gasteiger partial charge is 0.469 e. The van der Waals surface area contributed by atoms with Gasteiger partial charge in [0.1, 0.15) is 0 Å². The van der Waals surface area contributed by atoms with Crippen LogP contribution in [-0.2, 0) is 9.53 Å². The number of nitrogens with zero attached hydrogens (tertiary/aromatic N) is 1. The lowest BCUT2D eigenvalue weighted by Crippen LogP contribution is -2.40. The van der Waals surface area contributed by atoms with E-state index in [-0.39, 0.29) is 17.9 Å². The molecule has 0 aliphatic heterocycles. The molecule has 0 aromatic heterocycles. The second kappa shape index (κ2) is 8.52. The van der Waals surface area contributed by atoms with Crippen LogP contribution in [0.15, 0.2) is 24.3 Å². The summed E-state index contributed by atoms with van der Waals surface area (Å²) < 4.78 is 4.69. The number of halogens is 1. The molecule has 0 saturated carbocycles. The van der Waals surface area contributed by atoms with Gasteiger partial charge in [-0.05, 0) is 30.7 Å². The van der Waals surface area contributed by atoms with Gasteiger partial charge in [0.05, 0.1) is 13.0 Å². The number of carbonyl (C=O) groups excluding carboxylic acids is 2. The number of nitrogens with one attached hydrogen (secondary N) is 1. The van der Waals surface area contributed by atoms with E-state index in [1.54, 1.807) is 36.1 Å². The maximum atomic E-state index is 12.3. The van der Waals surface area contributed by atoms with Crippen molar-refractivity contribution in [3.8, 4) is 0 Å². The zero-order valence-corrected chi connectivity index (χ0v) is 13.3. The van der Waals surface area contributed by atoms with Crippen LogP contribution < -0.4 is 5.32 Å². The molecule has 1 N–H and O–H groups in total. The molecule has 6 heteroatoms. The van der Waals surface area contributed by atoms with Crippen molar-refractivity contribution in [3.05, 3.63) is 29.3 Å². The Morgan fingerprint density at radius 3 is 2.48 bits per heavy atom. The SMILES string of the molecule is CCCN(CC(C)C(=O)OC)C(=O)Nc1ccc(Cl)cc1. The van der Waals surface area contributed by atoms with E-state index in [0.29, 0.717) is 23.8 Å². The molecule has 2 amide bonds. The lowest BCUT2D eigenvalue weighted by molar-refractivity contribution is -0.145. The number of benzene rings is 1. The normalized spacial score (nSPS) is 11.6. The predicted octanol–water partition coefficient (Wildman–Crippen LogP) is 3.39. The molecule has 0 spiro atoms. The molecule has 1 aromatic carbocycles. The third-order valence-electron chi connectivity index (χ3n) is 2.97. The molecule has 1 aromatic rings. The molecule has 1 unspecified atom stereocenters. The molecule has 0 saturated heterocycles. The fraction of sp³-hybridized carbons (Fsp3) is 0.467. The quantitative estimate of drug-likeness (QED) is 0.819. The van der Waals surface area contributed by atoms with Crippen LogP contribution >= 0.6 is 11.6 Å². The molecule has 0 heterocycles. The average molecular weight is 313 g/mol. The number of amides is 2. The minimum absolute atomic E-state index is 0.241. The maximum absolute atomic E-state index is 12.3. The lowest BCUT2D eigenvalue weighted by atomic mass is 10.1. The van der Waals surface area contributed by atoms with Crippen LogP contribution in [0.25, 0.3) is 0 Å². The van der Waals surface area contributed by atoms with Gasteiger partial charge in [-0.3, -0.25) is 4.79 Å². The highest BCUT2D eigenvalue weighted by molar-refractivity contribution is 6.30. The molecule has 0 aliphatic rings. The highest BCUT2D eigenvalue weighted by Crippen LogP contribution is 2.14. The molecular weight excluding hydrogens is 292 g/mol. The summed E-state index contributed by atoms with van der Waals surface area (Å²) >= 11 is 5.81. The molecule has 116 valence electrons. The Morgan fingerprint density at radius 2 is 1.95 bits per heavy atom. The Morgan fingerprint density at radius 1 is 1.33 bits per heavy atom. The highest BCUT2D eigenvalue weighted by atomic mass is 35.5. The van der Waals surface area contributed by atoms with Crippen LogP contribution in [-0.4, -0.2) is 37.1 Å². The van der Waals surface area contributed by atoms with Gasteiger partial charge in [-0.2, -0.15) is 0 Å². The van der Waals surface area contributed by atoms with E-state index in [1.165, 1.54) is 7.11 Å². The minimum Gasteiger partial charge on any atom is -0.469 e. The number of esters is 1. The summed E-state index contributed by atoms with van der Waals surface area (Å²) in [4.78, 5) is 25.3. The molecule has 1 rings (SSSR count). The zero-order valence-electron chi connectivity index (χ0n) is 12.6. The Labute approximate surface area is 130 Å². The fourth-order valence-electron chi connectivity index (χ4n) is 1.89. The topological polar surface area (TPSA) is 58.6 Å². The smallest absolute Gasteiger partial charge is 0.321 e. The first-order chi connectivity index (χ1) is 9.97. The standard InChI is InChI=1S/C15H21ClN2O3/c1-4-9-18(10-11(2)14(19)21-3)15(20)17-13-7-5-12(16)6-8-13/h5-8,11H,4,9-10H2,1-3H3,(H,17,20). The van der Waals surface area contributed by atoms with Gasteiger partial charge in [0, 0.05) is 23.8 Å². The molecule has 0 fully saturated rings. The first-order valence-corrected chi connectivity index (χ1v) is 7.25.